The van der Waals surface area contributed by atoms with E-state index in [0.29, 0.717) is 16.7 Å². The van der Waals surface area contributed by atoms with Crippen LogP contribution in [-0.2, 0) is 27.5 Å². The molecule has 2 fully saturated rings. The van der Waals surface area contributed by atoms with Gasteiger partial charge in [-0.25, -0.2) is 0 Å². The average Bonchev–Trinajstić information content (AvgIpc) is 3.09. The van der Waals surface area contributed by atoms with E-state index in [1.807, 2.05) is 0 Å². The summed E-state index contributed by atoms with van der Waals surface area (Å²) in [4.78, 5) is 51.4. The molecule has 2 saturated heterocycles. The Morgan fingerprint density at radius 1 is 1.30 bits per heavy atom. The smallest absolute Gasteiger partial charge is 0.329 e. The highest BCUT2D eigenvalue weighted by Gasteiger charge is 2.49. The maximum atomic E-state index is 14.7. The summed E-state index contributed by atoms with van der Waals surface area (Å²) in [6.07, 6.45) is -0.132. The predicted molar refractivity (Wildman–Crippen MR) is 111 cm³/mol. The van der Waals surface area contributed by atoms with Crippen LogP contribution in [0.1, 0.15) is 34.3 Å². The van der Waals surface area contributed by atoms with Gasteiger partial charge in [0.1, 0.15) is 12.3 Å². The van der Waals surface area contributed by atoms with E-state index < -0.39 is 36.0 Å². The maximum absolute atomic E-state index is 14.7. The molecular weight excluding hydrogens is 438 g/mol. The van der Waals surface area contributed by atoms with Gasteiger partial charge in [0.15, 0.2) is 0 Å². The molecule has 33 heavy (non-hydrogen) atoms. The van der Waals surface area contributed by atoms with E-state index in [0.717, 1.165) is 0 Å². The van der Waals surface area contributed by atoms with Gasteiger partial charge in [-0.1, -0.05) is 12.1 Å². The number of carbonyl (C=O) groups excluding carboxylic acids is 4. The second-order valence-corrected chi connectivity index (χ2v) is 8.69. The Bertz CT molecular complexity index is 1000. The average molecular weight is 464 g/mol. The fraction of sp³-hybridized carbons (Fsp3) is 0.524. The molecule has 1 aromatic carbocycles. The molecule has 178 valence electrons. The van der Waals surface area contributed by atoms with Crippen molar-refractivity contribution in [3.05, 3.63) is 34.9 Å². The summed E-state index contributed by atoms with van der Waals surface area (Å²) in [7, 11) is 1.60. The minimum Gasteiger partial charge on any atom is -0.347 e. The molecule has 0 saturated carbocycles. The van der Waals surface area contributed by atoms with E-state index in [4.69, 9.17) is 5.73 Å². The van der Waals surface area contributed by atoms with E-state index in [-0.39, 0.29) is 50.8 Å². The minimum absolute atomic E-state index is 0.0221. The highest BCUT2D eigenvalue weighted by atomic mass is 19.3. The van der Waals surface area contributed by atoms with Crippen LogP contribution in [0.5, 0.6) is 0 Å². The summed E-state index contributed by atoms with van der Waals surface area (Å²) in [5, 5.41) is 7.27. The summed E-state index contributed by atoms with van der Waals surface area (Å²) in [5.74, 6) is -7.38. The number of halogens is 2. The standard InChI is InChI=1S/C21H26F2N6O4/c1-28-10-13(8-26-20(28)24)21(22,23)19(33)25-7-11-2-3-14-12(6-11)9-29(18(14)32)15-4-5-16(30)27-17(15)31/h2-3,6,13,15,20,26H,4-5,7-10,24H2,1H3,(H,25,33)(H,27,30,31). The fourth-order valence-corrected chi connectivity index (χ4v) is 4.41. The molecule has 3 heterocycles. The second-order valence-electron chi connectivity index (χ2n) is 8.69. The SMILES string of the molecule is CN1CC(C(F)(F)C(=O)NCc2ccc3c(c2)CN(C2CCC(=O)NC2=O)C3=O)CNC1N. The lowest BCUT2D eigenvalue weighted by Crippen LogP contribution is -2.63. The zero-order chi connectivity index (χ0) is 23.9. The molecule has 3 atom stereocenters. The van der Waals surface area contributed by atoms with Crippen LogP contribution in [-0.4, -0.2) is 71.8 Å². The largest absolute Gasteiger partial charge is 0.347 e. The van der Waals surface area contributed by atoms with Gasteiger partial charge in [-0.3, -0.25) is 34.7 Å². The predicted octanol–water partition coefficient (Wildman–Crippen LogP) is -0.907. The molecule has 0 radical (unpaired) electrons. The number of fused-ring (bicyclic) bond motifs is 1. The number of hydrogen-bond donors (Lipinski definition) is 4. The molecule has 10 nitrogen and oxygen atoms in total. The number of piperidine rings is 1. The summed E-state index contributed by atoms with van der Waals surface area (Å²) < 4.78 is 29.3. The van der Waals surface area contributed by atoms with Crippen molar-refractivity contribution in [2.24, 2.45) is 11.7 Å². The van der Waals surface area contributed by atoms with Crippen LogP contribution >= 0.6 is 0 Å². The molecule has 0 spiro atoms. The fourth-order valence-electron chi connectivity index (χ4n) is 4.41. The molecule has 3 aliphatic rings. The number of imide groups is 1. The Morgan fingerprint density at radius 2 is 2.06 bits per heavy atom. The van der Waals surface area contributed by atoms with Gasteiger partial charge < -0.3 is 16.0 Å². The maximum Gasteiger partial charge on any atom is 0.329 e. The van der Waals surface area contributed by atoms with Gasteiger partial charge in [0, 0.05) is 38.2 Å². The van der Waals surface area contributed by atoms with Gasteiger partial charge in [0.2, 0.25) is 11.8 Å². The van der Waals surface area contributed by atoms with Gasteiger partial charge in [-0.05, 0) is 30.7 Å². The zero-order valence-electron chi connectivity index (χ0n) is 18.1. The number of nitrogens with one attached hydrogen (secondary N) is 3. The Morgan fingerprint density at radius 3 is 2.76 bits per heavy atom. The number of carbonyl (C=O) groups is 4. The van der Waals surface area contributed by atoms with Crippen LogP contribution in [0.15, 0.2) is 18.2 Å². The van der Waals surface area contributed by atoms with Gasteiger partial charge in [-0.2, -0.15) is 8.78 Å². The molecule has 0 aliphatic carbocycles. The number of alkyl halides is 2. The molecule has 0 bridgehead atoms. The Kier molecular flexibility index (Phi) is 6.16. The van der Waals surface area contributed by atoms with Crippen LogP contribution in [0.4, 0.5) is 8.78 Å². The molecule has 1 aromatic rings. The van der Waals surface area contributed by atoms with Crippen molar-refractivity contribution in [1.82, 2.24) is 25.8 Å². The number of rotatable bonds is 5. The van der Waals surface area contributed by atoms with Gasteiger partial charge in [0.05, 0.1) is 5.92 Å². The number of hydrogen-bond acceptors (Lipinski definition) is 7. The van der Waals surface area contributed by atoms with Crippen molar-refractivity contribution in [2.45, 2.75) is 44.2 Å². The molecule has 12 heteroatoms. The molecule has 3 unspecified atom stereocenters. The first-order chi connectivity index (χ1) is 15.6. The molecule has 3 aliphatic heterocycles. The quantitative estimate of drug-likeness (QED) is 0.414. The first kappa shape index (κ1) is 23.2. The van der Waals surface area contributed by atoms with Crippen LogP contribution in [0.3, 0.4) is 0 Å². The Hall–Kier alpha value is -2.96. The van der Waals surface area contributed by atoms with Crippen molar-refractivity contribution in [2.75, 3.05) is 20.1 Å². The number of benzene rings is 1. The number of nitrogens with zero attached hydrogens (tertiary/aromatic N) is 2. The van der Waals surface area contributed by atoms with E-state index >= 15 is 0 Å². The topological polar surface area (TPSA) is 137 Å². The highest BCUT2D eigenvalue weighted by Crippen LogP contribution is 2.29. The monoisotopic (exact) mass is 464 g/mol. The third-order valence-corrected chi connectivity index (χ3v) is 6.41. The number of nitrogens with two attached hydrogens (primary N) is 1. The van der Waals surface area contributed by atoms with E-state index in [9.17, 15) is 28.0 Å². The van der Waals surface area contributed by atoms with Crippen molar-refractivity contribution in [3.63, 3.8) is 0 Å². The summed E-state index contributed by atoms with van der Waals surface area (Å²) >= 11 is 0. The minimum atomic E-state index is -3.59. The van der Waals surface area contributed by atoms with Crippen molar-refractivity contribution < 1.29 is 28.0 Å². The van der Waals surface area contributed by atoms with Crippen LogP contribution in [0.25, 0.3) is 0 Å². The molecule has 0 aromatic heterocycles. The number of amides is 4. The lowest BCUT2D eigenvalue weighted by Gasteiger charge is -2.38. The first-order valence-corrected chi connectivity index (χ1v) is 10.7. The van der Waals surface area contributed by atoms with Crippen molar-refractivity contribution >= 4 is 23.6 Å². The Balaban J connectivity index is 1.39. The van der Waals surface area contributed by atoms with E-state index in [2.05, 4.69) is 16.0 Å². The van der Waals surface area contributed by atoms with Gasteiger partial charge >= 0.3 is 5.92 Å². The highest BCUT2D eigenvalue weighted by molar-refractivity contribution is 6.05. The van der Waals surface area contributed by atoms with Gasteiger partial charge in [0.25, 0.3) is 11.8 Å². The van der Waals surface area contributed by atoms with Crippen LogP contribution in [0.2, 0.25) is 0 Å². The summed E-state index contributed by atoms with van der Waals surface area (Å²) in [6.45, 7) is -0.0721. The molecule has 4 amide bonds. The zero-order valence-corrected chi connectivity index (χ0v) is 18.1. The third kappa shape index (κ3) is 4.45. The van der Waals surface area contributed by atoms with E-state index in [1.54, 1.807) is 25.2 Å². The Labute approximate surface area is 188 Å². The third-order valence-electron chi connectivity index (χ3n) is 6.41. The molecule has 4 rings (SSSR count). The van der Waals surface area contributed by atoms with Crippen LogP contribution < -0.4 is 21.7 Å². The second kappa shape index (κ2) is 8.76. The van der Waals surface area contributed by atoms with Crippen LogP contribution in [0, 0.1) is 5.92 Å². The lowest BCUT2D eigenvalue weighted by atomic mass is 9.97. The normalized spacial score (nSPS) is 26.2. The first-order valence-electron chi connectivity index (χ1n) is 10.7. The van der Waals surface area contributed by atoms with Crippen molar-refractivity contribution in [1.29, 1.82) is 0 Å². The van der Waals surface area contributed by atoms with Gasteiger partial charge in [-0.15, -0.1) is 0 Å². The van der Waals surface area contributed by atoms with E-state index in [1.165, 1.54) is 9.80 Å². The summed E-state index contributed by atoms with van der Waals surface area (Å²) in [6, 6.07) is 4.06. The molecular formula is C21H26F2N6O4. The molecule has 5 N–H and O–H groups in total. The summed E-state index contributed by atoms with van der Waals surface area (Å²) in [5.41, 5.74) is 7.32. The van der Waals surface area contributed by atoms with Crippen molar-refractivity contribution in [3.8, 4) is 0 Å². The lowest BCUT2D eigenvalue weighted by molar-refractivity contribution is -0.157.